The zero-order valence-electron chi connectivity index (χ0n) is 13.1. The third kappa shape index (κ3) is 7.31. The van der Waals surface area contributed by atoms with E-state index in [9.17, 15) is 5.11 Å². The second kappa shape index (κ2) is 9.77. The number of hydrogen-bond acceptors (Lipinski definition) is 2. The molecular formula is C17H34O2. The standard InChI is InChI=1S/C17H34O2/c1-3-4-5-6-7-8-9-10-13-17(18)14-11-16(19-2)12-15-17/h16,18H,3-15H2,1-2H3. The predicted molar refractivity (Wildman–Crippen MR) is 81.4 cm³/mol. The zero-order chi connectivity index (χ0) is 14.0. The fourth-order valence-corrected chi connectivity index (χ4v) is 3.20. The van der Waals surface area contributed by atoms with Crippen LogP contribution in [-0.2, 0) is 4.74 Å². The summed E-state index contributed by atoms with van der Waals surface area (Å²) in [5.74, 6) is 0. The first kappa shape index (κ1) is 17.0. The van der Waals surface area contributed by atoms with Crippen molar-refractivity contribution in [3.63, 3.8) is 0 Å². The van der Waals surface area contributed by atoms with Crippen LogP contribution in [0.15, 0.2) is 0 Å². The first-order valence-electron chi connectivity index (χ1n) is 8.45. The van der Waals surface area contributed by atoms with Crippen LogP contribution in [0.25, 0.3) is 0 Å². The Morgan fingerprint density at radius 1 is 0.947 bits per heavy atom. The smallest absolute Gasteiger partial charge is 0.0649 e. The van der Waals surface area contributed by atoms with Crippen LogP contribution in [-0.4, -0.2) is 23.9 Å². The van der Waals surface area contributed by atoms with Crippen molar-refractivity contribution in [2.24, 2.45) is 0 Å². The Morgan fingerprint density at radius 3 is 2.00 bits per heavy atom. The molecule has 1 saturated carbocycles. The van der Waals surface area contributed by atoms with Crippen LogP contribution in [0.2, 0.25) is 0 Å². The van der Waals surface area contributed by atoms with Gasteiger partial charge in [-0.1, -0.05) is 58.3 Å². The van der Waals surface area contributed by atoms with Gasteiger partial charge in [0, 0.05) is 7.11 Å². The maximum Gasteiger partial charge on any atom is 0.0649 e. The molecule has 1 rings (SSSR count). The summed E-state index contributed by atoms with van der Waals surface area (Å²) >= 11 is 0. The Labute approximate surface area is 119 Å². The summed E-state index contributed by atoms with van der Waals surface area (Å²) in [6.07, 6.45) is 16.0. The van der Waals surface area contributed by atoms with Crippen molar-refractivity contribution in [1.29, 1.82) is 0 Å². The van der Waals surface area contributed by atoms with E-state index in [1.54, 1.807) is 7.11 Å². The van der Waals surface area contributed by atoms with Crippen molar-refractivity contribution in [2.75, 3.05) is 7.11 Å². The summed E-state index contributed by atoms with van der Waals surface area (Å²) in [4.78, 5) is 0. The second-order valence-corrected chi connectivity index (χ2v) is 6.38. The Balaban J connectivity index is 1.97. The number of methoxy groups -OCH3 is 1. The normalized spacial score (nSPS) is 27.6. The van der Waals surface area contributed by atoms with Crippen LogP contribution in [0.1, 0.15) is 90.4 Å². The number of hydrogen-bond donors (Lipinski definition) is 1. The lowest BCUT2D eigenvalue weighted by molar-refractivity contribution is -0.0493. The minimum absolute atomic E-state index is 0.378. The molecular weight excluding hydrogens is 236 g/mol. The Morgan fingerprint density at radius 2 is 1.47 bits per heavy atom. The van der Waals surface area contributed by atoms with Gasteiger partial charge >= 0.3 is 0 Å². The number of aliphatic hydroxyl groups is 1. The molecule has 0 saturated heterocycles. The highest BCUT2D eigenvalue weighted by atomic mass is 16.5. The summed E-state index contributed by atoms with van der Waals surface area (Å²) < 4.78 is 5.36. The van der Waals surface area contributed by atoms with E-state index in [-0.39, 0.29) is 5.60 Å². The minimum atomic E-state index is -0.378. The maximum atomic E-state index is 10.5. The van der Waals surface area contributed by atoms with Crippen molar-refractivity contribution in [3.05, 3.63) is 0 Å². The third-order valence-corrected chi connectivity index (χ3v) is 4.69. The molecule has 0 unspecified atom stereocenters. The van der Waals surface area contributed by atoms with E-state index in [0.29, 0.717) is 6.10 Å². The predicted octanol–water partition coefficient (Wildman–Crippen LogP) is 4.84. The second-order valence-electron chi connectivity index (χ2n) is 6.38. The minimum Gasteiger partial charge on any atom is -0.390 e. The molecule has 0 radical (unpaired) electrons. The number of ether oxygens (including phenoxy) is 1. The van der Waals surface area contributed by atoms with Gasteiger partial charge in [0.25, 0.3) is 0 Å². The molecule has 1 aliphatic rings. The molecule has 2 nitrogen and oxygen atoms in total. The average molecular weight is 270 g/mol. The third-order valence-electron chi connectivity index (χ3n) is 4.69. The molecule has 0 aromatic carbocycles. The van der Waals surface area contributed by atoms with Crippen molar-refractivity contribution < 1.29 is 9.84 Å². The van der Waals surface area contributed by atoms with Gasteiger partial charge in [-0.15, -0.1) is 0 Å². The van der Waals surface area contributed by atoms with Crippen molar-refractivity contribution >= 4 is 0 Å². The van der Waals surface area contributed by atoms with E-state index in [1.807, 2.05) is 0 Å². The van der Waals surface area contributed by atoms with E-state index in [1.165, 1.54) is 51.4 Å². The van der Waals surface area contributed by atoms with Gasteiger partial charge in [-0.25, -0.2) is 0 Å². The van der Waals surface area contributed by atoms with E-state index >= 15 is 0 Å². The molecule has 19 heavy (non-hydrogen) atoms. The highest BCUT2D eigenvalue weighted by molar-refractivity contribution is 4.85. The van der Waals surface area contributed by atoms with Gasteiger partial charge in [-0.3, -0.25) is 0 Å². The van der Waals surface area contributed by atoms with Gasteiger partial charge in [0.1, 0.15) is 0 Å². The van der Waals surface area contributed by atoms with Gasteiger partial charge in [0.2, 0.25) is 0 Å². The molecule has 0 atom stereocenters. The summed E-state index contributed by atoms with van der Waals surface area (Å²) in [5.41, 5.74) is -0.378. The Bertz CT molecular complexity index is 207. The fourth-order valence-electron chi connectivity index (χ4n) is 3.20. The molecule has 1 N–H and O–H groups in total. The van der Waals surface area contributed by atoms with Crippen molar-refractivity contribution in [2.45, 2.75) is 102 Å². The lowest BCUT2D eigenvalue weighted by atomic mass is 9.80. The fraction of sp³-hybridized carbons (Fsp3) is 1.00. The molecule has 0 aliphatic heterocycles. The quantitative estimate of drug-likeness (QED) is 0.576. The van der Waals surface area contributed by atoms with Gasteiger partial charge in [-0.2, -0.15) is 0 Å². The van der Waals surface area contributed by atoms with E-state index in [0.717, 1.165) is 32.1 Å². The monoisotopic (exact) mass is 270 g/mol. The lowest BCUT2D eigenvalue weighted by Gasteiger charge is -2.35. The molecule has 2 heteroatoms. The average Bonchev–Trinajstić information content (AvgIpc) is 2.43. The molecule has 0 aromatic heterocycles. The van der Waals surface area contributed by atoms with Gasteiger partial charge in [0.15, 0.2) is 0 Å². The van der Waals surface area contributed by atoms with E-state index < -0.39 is 0 Å². The van der Waals surface area contributed by atoms with E-state index in [2.05, 4.69) is 6.92 Å². The molecule has 1 aliphatic carbocycles. The largest absolute Gasteiger partial charge is 0.390 e. The number of rotatable bonds is 10. The van der Waals surface area contributed by atoms with Crippen LogP contribution >= 0.6 is 0 Å². The molecule has 0 bridgehead atoms. The molecule has 0 amide bonds. The SMILES string of the molecule is CCCCCCCCCCC1(O)CCC(OC)CC1. The molecule has 1 fully saturated rings. The van der Waals surface area contributed by atoms with Crippen LogP contribution in [0, 0.1) is 0 Å². The first-order valence-corrected chi connectivity index (χ1v) is 8.45. The van der Waals surface area contributed by atoms with Crippen LogP contribution in [0.5, 0.6) is 0 Å². The van der Waals surface area contributed by atoms with E-state index in [4.69, 9.17) is 4.74 Å². The molecule has 0 aromatic rings. The summed E-state index contributed by atoms with van der Waals surface area (Å²) in [5, 5.41) is 10.5. The summed E-state index contributed by atoms with van der Waals surface area (Å²) in [6, 6.07) is 0. The van der Waals surface area contributed by atoms with Gasteiger partial charge in [0.05, 0.1) is 11.7 Å². The number of unbranched alkanes of at least 4 members (excludes halogenated alkanes) is 7. The maximum absolute atomic E-state index is 10.5. The topological polar surface area (TPSA) is 29.5 Å². The highest BCUT2D eigenvalue weighted by Crippen LogP contribution is 2.33. The summed E-state index contributed by atoms with van der Waals surface area (Å²) in [6.45, 7) is 2.26. The molecule has 0 spiro atoms. The lowest BCUT2D eigenvalue weighted by Crippen LogP contribution is -2.36. The summed E-state index contributed by atoms with van der Waals surface area (Å²) in [7, 11) is 1.79. The van der Waals surface area contributed by atoms with Crippen molar-refractivity contribution in [1.82, 2.24) is 0 Å². The molecule has 0 heterocycles. The van der Waals surface area contributed by atoms with Gasteiger partial charge in [-0.05, 0) is 32.1 Å². The first-order chi connectivity index (χ1) is 9.20. The van der Waals surface area contributed by atoms with Crippen molar-refractivity contribution in [3.8, 4) is 0 Å². The highest BCUT2D eigenvalue weighted by Gasteiger charge is 2.32. The van der Waals surface area contributed by atoms with Gasteiger partial charge < -0.3 is 9.84 Å². The molecule has 114 valence electrons. The zero-order valence-corrected chi connectivity index (χ0v) is 13.1. The van der Waals surface area contributed by atoms with Crippen LogP contribution in [0.3, 0.4) is 0 Å². The Hall–Kier alpha value is -0.0800. The van der Waals surface area contributed by atoms with Crippen LogP contribution < -0.4 is 0 Å². The Kier molecular flexibility index (Phi) is 8.72. The van der Waals surface area contributed by atoms with Crippen LogP contribution in [0.4, 0.5) is 0 Å².